The number of carbonyl (C=O) groups excluding carboxylic acids is 2. The van der Waals surface area contributed by atoms with Crippen molar-refractivity contribution in [2.45, 2.75) is 46.4 Å². The first-order chi connectivity index (χ1) is 9.86. The third-order valence-electron chi connectivity index (χ3n) is 3.48. The van der Waals surface area contributed by atoms with Crippen LogP contribution in [0.25, 0.3) is 0 Å². The molecule has 1 aliphatic heterocycles. The molecule has 1 aromatic rings. The maximum absolute atomic E-state index is 12.5. The Bertz CT molecular complexity index is 556. The van der Waals surface area contributed by atoms with Crippen LogP contribution in [0.5, 0.6) is 5.75 Å². The molecule has 0 aliphatic carbocycles. The van der Waals surface area contributed by atoms with Crippen molar-refractivity contribution < 1.29 is 14.3 Å². The van der Waals surface area contributed by atoms with Crippen LogP contribution in [0.2, 0.25) is 0 Å². The maximum atomic E-state index is 12.5. The zero-order valence-corrected chi connectivity index (χ0v) is 13.0. The minimum atomic E-state index is -0.527. The Morgan fingerprint density at radius 2 is 2.14 bits per heavy atom. The van der Waals surface area contributed by atoms with Gasteiger partial charge in [0.15, 0.2) is 0 Å². The van der Waals surface area contributed by atoms with Crippen molar-refractivity contribution in [1.29, 1.82) is 0 Å². The van der Waals surface area contributed by atoms with Gasteiger partial charge in [0.05, 0.1) is 6.54 Å². The average Bonchev–Trinajstić information content (AvgIpc) is 2.54. The monoisotopic (exact) mass is 290 g/mol. The van der Waals surface area contributed by atoms with Crippen LogP contribution in [-0.4, -0.2) is 35.4 Å². The van der Waals surface area contributed by atoms with Gasteiger partial charge in [0, 0.05) is 19.0 Å². The number of nitrogens with one attached hydrogen (secondary N) is 1. The first kappa shape index (κ1) is 15.4. The van der Waals surface area contributed by atoms with Gasteiger partial charge in [-0.25, -0.2) is 0 Å². The summed E-state index contributed by atoms with van der Waals surface area (Å²) in [5.74, 6) is 0.539. The highest BCUT2D eigenvalue weighted by molar-refractivity contribution is 5.86. The minimum Gasteiger partial charge on any atom is -0.489 e. The molecule has 0 saturated heterocycles. The zero-order valence-electron chi connectivity index (χ0n) is 13.0. The molecule has 0 unspecified atom stereocenters. The molecule has 0 saturated carbocycles. The first-order valence-corrected chi connectivity index (χ1v) is 7.19. The second-order valence-electron chi connectivity index (χ2n) is 5.68. The number of aryl methyl sites for hydroxylation is 1. The maximum Gasteiger partial charge on any atom is 0.245 e. The number of hydrogen-bond acceptors (Lipinski definition) is 3. The second kappa shape index (κ2) is 6.16. The van der Waals surface area contributed by atoms with Crippen molar-refractivity contribution in [2.75, 3.05) is 6.54 Å². The van der Waals surface area contributed by atoms with E-state index in [1.165, 1.54) is 6.92 Å². The fourth-order valence-electron chi connectivity index (χ4n) is 2.59. The third-order valence-corrected chi connectivity index (χ3v) is 3.48. The van der Waals surface area contributed by atoms with E-state index in [1.54, 1.807) is 11.8 Å². The highest BCUT2D eigenvalue weighted by Gasteiger charge is 2.27. The van der Waals surface area contributed by atoms with Gasteiger partial charge in [0.2, 0.25) is 11.8 Å². The van der Waals surface area contributed by atoms with Crippen molar-refractivity contribution in [3.8, 4) is 5.75 Å². The summed E-state index contributed by atoms with van der Waals surface area (Å²) in [4.78, 5) is 25.3. The van der Waals surface area contributed by atoms with Crippen LogP contribution in [0.4, 0.5) is 0 Å². The van der Waals surface area contributed by atoms with Crippen molar-refractivity contribution in [3.05, 3.63) is 29.3 Å². The first-order valence-electron chi connectivity index (χ1n) is 7.19. The molecular formula is C16H22N2O3. The van der Waals surface area contributed by atoms with E-state index in [0.717, 1.165) is 16.9 Å². The van der Waals surface area contributed by atoms with E-state index in [-0.39, 0.29) is 17.9 Å². The summed E-state index contributed by atoms with van der Waals surface area (Å²) in [6.45, 7) is 8.09. The smallest absolute Gasteiger partial charge is 0.245 e. The van der Waals surface area contributed by atoms with E-state index in [9.17, 15) is 9.59 Å². The molecular weight excluding hydrogens is 268 g/mol. The van der Waals surface area contributed by atoms with Gasteiger partial charge in [0.25, 0.3) is 0 Å². The zero-order chi connectivity index (χ0) is 15.6. The molecule has 0 bridgehead atoms. The van der Waals surface area contributed by atoms with Crippen LogP contribution in [-0.2, 0) is 16.1 Å². The standard InChI is InChI=1S/C16H22N2O3/c1-10-5-6-15-14(7-10)9-18(8-11(2)21-15)16(20)12(3)17-13(4)19/h5-7,11-12H,8-9H2,1-4H3,(H,17,19)/t11-,12+/m1/s1. The second-order valence-corrected chi connectivity index (χ2v) is 5.68. The van der Waals surface area contributed by atoms with E-state index in [1.807, 2.05) is 32.0 Å². The van der Waals surface area contributed by atoms with E-state index < -0.39 is 6.04 Å². The molecule has 2 rings (SSSR count). The molecule has 0 spiro atoms. The Kier molecular flexibility index (Phi) is 4.50. The highest BCUT2D eigenvalue weighted by atomic mass is 16.5. The summed E-state index contributed by atoms with van der Waals surface area (Å²) in [6.07, 6.45) is -0.0811. The lowest BCUT2D eigenvalue weighted by Gasteiger charge is -2.25. The lowest BCUT2D eigenvalue weighted by molar-refractivity contribution is -0.136. The van der Waals surface area contributed by atoms with E-state index in [0.29, 0.717) is 13.1 Å². The number of rotatable bonds is 2. The van der Waals surface area contributed by atoms with Crippen molar-refractivity contribution in [3.63, 3.8) is 0 Å². The van der Waals surface area contributed by atoms with Gasteiger partial charge >= 0.3 is 0 Å². The molecule has 1 aromatic carbocycles. The molecule has 1 N–H and O–H groups in total. The van der Waals surface area contributed by atoms with Crippen LogP contribution in [0.3, 0.4) is 0 Å². The van der Waals surface area contributed by atoms with Crippen LogP contribution in [0, 0.1) is 6.92 Å². The quantitative estimate of drug-likeness (QED) is 0.900. The molecule has 1 heterocycles. The average molecular weight is 290 g/mol. The lowest BCUT2D eigenvalue weighted by atomic mass is 10.1. The molecule has 2 amide bonds. The Morgan fingerprint density at radius 1 is 1.43 bits per heavy atom. The van der Waals surface area contributed by atoms with Gasteiger partial charge in [-0.1, -0.05) is 17.7 Å². The predicted octanol–water partition coefficient (Wildman–Crippen LogP) is 1.63. The van der Waals surface area contributed by atoms with Crippen LogP contribution < -0.4 is 10.1 Å². The van der Waals surface area contributed by atoms with Gasteiger partial charge in [-0.2, -0.15) is 0 Å². The molecule has 0 fully saturated rings. The van der Waals surface area contributed by atoms with Gasteiger partial charge in [-0.3, -0.25) is 9.59 Å². The summed E-state index contributed by atoms with van der Waals surface area (Å²) in [7, 11) is 0. The van der Waals surface area contributed by atoms with Crippen LogP contribution >= 0.6 is 0 Å². The molecule has 2 atom stereocenters. The number of hydrogen-bond donors (Lipinski definition) is 1. The number of benzene rings is 1. The summed E-state index contributed by atoms with van der Waals surface area (Å²) in [6, 6.07) is 5.47. The third kappa shape index (κ3) is 3.74. The Balaban J connectivity index is 2.21. The summed E-state index contributed by atoms with van der Waals surface area (Å²) < 4.78 is 5.87. The largest absolute Gasteiger partial charge is 0.489 e. The summed E-state index contributed by atoms with van der Waals surface area (Å²) in [5, 5.41) is 2.64. The molecule has 0 radical (unpaired) electrons. The van der Waals surface area contributed by atoms with Crippen molar-refractivity contribution >= 4 is 11.8 Å². The van der Waals surface area contributed by atoms with E-state index in [2.05, 4.69) is 5.32 Å². The fourth-order valence-corrected chi connectivity index (χ4v) is 2.59. The number of nitrogens with zero attached hydrogens (tertiary/aromatic N) is 1. The number of ether oxygens (including phenoxy) is 1. The summed E-state index contributed by atoms with van der Waals surface area (Å²) in [5.41, 5.74) is 2.14. The van der Waals surface area contributed by atoms with Gasteiger partial charge in [0.1, 0.15) is 17.9 Å². The number of carbonyl (C=O) groups is 2. The molecule has 0 aromatic heterocycles. The number of amides is 2. The molecule has 5 heteroatoms. The lowest BCUT2D eigenvalue weighted by Crippen LogP contribution is -2.47. The van der Waals surface area contributed by atoms with Crippen LogP contribution in [0.15, 0.2) is 18.2 Å². The summed E-state index contributed by atoms with van der Waals surface area (Å²) >= 11 is 0. The molecule has 21 heavy (non-hydrogen) atoms. The molecule has 114 valence electrons. The highest BCUT2D eigenvalue weighted by Crippen LogP contribution is 2.26. The minimum absolute atomic E-state index is 0.0811. The van der Waals surface area contributed by atoms with Gasteiger partial charge < -0.3 is 15.0 Å². The molecule has 1 aliphatic rings. The van der Waals surface area contributed by atoms with Gasteiger partial charge in [-0.15, -0.1) is 0 Å². The van der Waals surface area contributed by atoms with Crippen molar-refractivity contribution in [2.24, 2.45) is 0 Å². The predicted molar refractivity (Wildman–Crippen MR) is 80.0 cm³/mol. The van der Waals surface area contributed by atoms with Crippen molar-refractivity contribution in [1.82, 2.24) is 10.2 Å². The Hall–Kier alpha value is -2.04. The SMILES string of the molecule is CC(=O)N[C@@H](C)C(=O)N1Cc2cc(C)ccc2O[C@H](C)C1. The molecule has 5 nitrogen and oxygen atoms in total. The van der Waals surface area contributed by atoms with Crippen LogP contribution in [0.1, 0.15) is 31.9 Å². The number of fused-ring (bicyclic) bond motifs is 1. The fraction of sp³-hybridized carbons (Fsp3) is 0.500. The Morgan fingerprint density at radius 3 is 2.81 bits per heavy atom. The van der Waals surface area contributed by atoms with Gasteiger partial charge in [-0.05, 0) is 26.8 Å². The Labute approximate surface area is 125 Å². The topological polar surface area (TPSA) is 58.6 Å². The van der Waals surface area contributed by atoms with E-state index in [4.69, 9.17) is 4.74 Å². The van der Waals surface area contributed by atoms with E-state index >= 15 is 0 Å². The normalized spacial score (nSPS) is 19.0.